The molecule has 0 saturated carbocycles. The first-order valence-corrected chi connectivity index (χ1v) is 8.79. The number of hydrogen-bond donors (Lipinski definition) is 3. The Bertz CT molecular complexity index is 921. The molecule has 0 bridgehead atoms. The summed E-state index contributed by atoms with van der Waals surface area (Å²) in [6.07, 6.45) is 2.98. The fraction of sp³-hybridized carbons (Fsp3) is 0.368. The number of aromatic nitrogens is 3. The number of carbonyl (C=O) groups is 1. The molecule has 3 heterocycles. The number of aromatic amines is 1. The molecule has 2 aromatic heterocycles. The van der Waals surface area contributed by atoms with Gasteiger partial charge in [0.25, 0.3) is 5.91 Å². The maximum Gasteiger partial charge on any atom is 0.276 e. The second-order valence-electron chi connectivity index (χ2n) is 7.05. The number of anilines is 1. The van der Waals surface area contributed by atoms with Gasteiger partial charge in [-0.1, -0.05) is 13.8 Å². The average molecular weight is 337 g/mol. The quantitative estimate of drug-likeness (QED) is 0.685. The largest absolute Gasteiger partial charge is 0.347 e. The fourth-order valence-electron chi connectivity index (χ4n) is 3.43. The first-order valence-electron chi connectivity index (χ1n) is 8.79. The molecule has 0 saturated heterocycles. The Balaban J connectivity index is 1.56. The van der Waals surface area contributed by atoms with Crippen LogP contribution < -0.4 is 10.6 Å². The van der Waals surface area contributed by atoms with E-state index in [2.05, 4.69) is 57.6 Å². The summed E-state index contributed by atoms with van der Waals surface area (Å²) in [7, 11) is 0. The minimum atomic E-state index is -0.165. The summed E-state index contributed by atoms with van der Waals surface area (Å²) in [5.74, 6) is 0.427. The van der Waals surface area contributed by atoms with Crippen LogP contribution in [0.2, 0.25) is 0 Å². The second kappa shape index (κ2) is 6.37. The van der Waals surface area contributed by atoms with E-state index in [1.54, 1.807) is 0 Å². The second-order valence-corrected chi connectivity index (χ2v) is 7.05. The highest BCUT2D eigenvalue weighted by atomic mass is 16.1. The SMILES string of the molecule is CC(C)Cn1ccc2cc(NC(=O)c3n[nH]c4c3CNCC4)ccc21. The molecular formula is C19H23N5O. The summed E-state index contributed by atoms with van der Waals surface area (Å²) in [4.78, 5) is 12.6. The predicted octanol–water partition coefficient (Wildman–Crippen LogP) is 2.92. The molecule has 1 amide bonds. The molecule has 0 spiro atoms. The average Bonchev–Trinajstić information content (AvgIpc) is 3.18. The highest BCUT2D eigenvalue weighted by Gasteiger charge is 2.21. The molecule has 0 atom stereocenters. The van der Waals surface area contributed by atoms with Crippen LogP contribution in [0.3, 0.4) is 0 Å². The van der Waals surface area contributed by atoms with Crippen LogP contribution in [0.5, 0.6) is 0 Å². The first kappa shape index (κ1) is 15.9. The Kier molecular flexibility index (Phi) is 4.05. The Labute approximate surface area is 146 Å². The third-order valence-electron chi connectivity index (χ3n) is 4.61. The van der Waals surface area contributed by atoms with Crippen molar-refractivity contribution >= 4 is 22.5 Å². The van der Waals surface area contributed by atoms with E-state index in [0.717, 1.165) is 41.8 Å². The minimum absolute atomic E-state index is 0.165. The monoisotopic (exact) mass is 337 g/mol. The zero-order valence-electron chi connectivity index (χ0n) is 14.6. The summed E-state index contributed by atoms with van der Waals surface area (Å²) in [5, 5.41) is 14.6. The smallest absolute Gasteiger partial charge is 0.276 e. The van der Waals surface area contributed by atoms with Crippen LogP contribution in [0.25, 0.3) is 10.9 Å². The van der Waals surface area contributed by atoms with Crippen molar-refractivity contribution in [3.05, 3.63) is 47.4 Å². The van der Waals surface area contributed by atoms with E-state index >= 15 is 0 Å². The number of fused-ring (bicyclic) bond motifs is 2. The van der Waals surface area contributed by atoms with Gasteiger partial charge in [-0.05, 0) is 30.2 Å². The van der Waals surface area contributed by atoms with Crippen molar-refractivity contribution in [2.45, 2.75) is 33.4 Å². The lowest BCUT2D eigenvalue weighted by Crippen LogP contribution is -2.25. The lowest BCUT2D eigenvalue weighted by molar-refractivity contribution is 0.102. The molecule has 3 N–H and O–H groups in total. The highest BCUT2D eigenvalue weighted by molar-refractivity contribution is 6.05. The number of amides is 1. The molecule has 6 heteroatoms. The van der Waals surface area contributed by atoms with Crippen molar-refractivity contribution in [3.8, 4) is 0 Å². The summed E-state index contributed by atoms with van der Waals surface area (Å²) >= 11 is 0. The molecular weight excluding hydrogens is 314 g/mol. The Hall–Kier alpha value is -2.60. The Morgan fingerprint density at radius 1 is 1.36 bits per heavy atom. The summed E-state index contributed by atoms with van der Waals surface area (Å²) in [6, 6.07) is 8.12. The van der Waals surface area contributed by atoms with E-state index < -0.39 is 0 Å². The predicted molar refractivity (Wildman–Crippen MR) is 98.7 cm³/mol. The van der Waals surface area contributed by atoms with Gasteiger partial charge in [0.15, 0.2) is 5.69 Å². The minimum Gasteiger partial charge on any atom is -0.347 e. The Morgan fingerprint density at radius 2 is 2.24 bits per heavy atom. The van der Waals surface area contributed by atoms with Crippen LogP contribution in [-0.4, -0.2) is 27.2 Å². The Morgan fingerprint density at radius 3 is 3.08 bits per heavy atom. The van der Waals surface area contributed by atoms with E-state index in [-0.39, 0.29) is 5.91 Å². The molecule has 1 aliphatic rings. The standard InChI is InChI=1S/C19H23N5O/c1-12(2)11-24-8-6-13-9-14(3-4-17(13)24)21-19(25)18-15-10-20-7-5-16(15)22-23-18/h3-4,6,8-9,12,20H,5,7,10-11H2,1-2H3,(H,21,25)(H,22,23). The third kappa shape index (κ3) is 3.05. The van der Waals surface area contributed by atoms with Crippen molar-refractivity contribution in [1.29, 1.82) is 0 Å². The number of benzene rings is 1. The van der Waals surface area contributed by atoms with Crippen molar-refractivity contribution in [1.82, 2.24) is 20.1 Å². The van der Waals surface area contributed by atoms with E-state index in [1.807, 2.05) is 12.1 Å². The molecule has 0 aliphatic carbocycles. The van der Waals surface area contributed by atoms with E-state index in [0.29, 0.717) is 18.2 Å². The molecule has 0 radical (unpaired) electrons. The number of carbonyl (C=O) groups excluding carboxylic acids is 1. The van der Waals surface area contributed by atoms with Crippen LogP contribution in [0.15, 0.2) is 30.5 Å². The zero-order chi connectivity index (χ0) is 17.4. The van der Waals surface area contributed by atoms with Crippen molar-refractivity contribution in [2.24, 2.45) is 5.92 Å². The van der Waals surface area contributed by atoms with Gasteiger partial charge in [-0.3, -0.25) is 9.89 Å². The van der Waals surface area contributed by atoms with Gasteiger partial charge in [0.1, 0.15) is 0 Å². The molecule has 0 fully saturated rings. The molecule has 1 aliphatic heterocycles. The summed E-state index contributed by atoms with van der Waals surface area (Å²) in [6.45, 7) is 7.01. The number of H-pyrrole nitrogens is 1. The van der Waals surface area contributed by atoms with E-state index in [4.69, 9.17) is 0 Å². The number of nitrogens with one attached hydrogen (secondary N) is 3. The van der Waals surface area contributed by atoms with Crippen molar-refractivity contribution in [3.63, 3.8) is 0 Å². The normalized spacial score (nSPS) is 14.0. The zero-order valence-corrected chi connectivity index (χ0v) is 14.6. The topological polar surface area (TPSA) is 74.7 Å². The van der Waals surface area contributed by atoms with E-state index in [1.165, 1.54) is 5.52 Å². The fourth-order valence-corrected chi connectivity index (χ4v) is 3.43. The van der Waals surface area contributed by atoms with Gasteiger partial charge in [-0.25, -0.2) is 0 Å². The lowest BCUT2D eigenvalue weighted by atomic mass is 10.1. The van der Waals surface area contributed by atoms with Crippen molar-refractivity contribution < 1.29 is 4.79 Å². The van der Waals surface area contributed by atoms with Crippen LogP contribution in [0.1, 0.15) is 35.6 Å². The molecule has 130 valence electrons. The van der Waals surface area contributed by atoms with Gasteiger partial charge in [0.05, 0.1) is 0 Å². The maximum atomic E-state index is 12.6. The molecule has 4 rings (SSSR count). The molecule has 6 nitrogen and oxygen atoms in total. The van der Waals surface area contributed by atoms with Gasteiger partial charge in [0, 0.05) is 60.1 Å². The van der Waals surface area contributed by atoms with Crippen molar-refractivity contribution in [2.75, 3.05) is 11.9 Å². The number of hydrogen-bond acceptors (Lipinski definition) is 3. The van der Waals surface area contributed by atoms with Crippen LogP contribution >= 0.6 is 0 Å². The third-order valence-corrected chi connectivity index (χ3v) is 4.61. The van der Waals surface area contributed by atoms with Gasteiger partial charge in [-0.15, -0.1) is 0 Å². The molecule has 1 aromatic carbocycles. The van der Waals surface area contributed by atoms with Gasteiger partial charge >= 0.3 is 0 Å². The lowest BCUT2D eigenvalue weighted by Gasteiger charge is -2.13. The van der Waals surface area contributed by atoms with Gasteiger partial charge in [0.2, 0.25) is 0 Å². The molecule has 25 heavy (non-hydrogen) atoms. The van der Waals surface area contributed by atoms with E-state index in [9.17, 15) is 4.79 Å². The maximum absolute atomic E-state index is 12.6. The first-order chi connectivity index (χ1) is 12.1. The van der Waals surface area contributed by atoms with Gasteiger partial charge in [-0.2, -0.15) is 5.10 Å². The summed E-state index contributed by atoms with van der Waals surface area (Å²) < 4.78 is 2.25. The molecule has 3 aromatic rings. The van der Waals surface area contributed by atoms with Gasteiger partial charge < -0.3 is 15.2 Å². The van der Waals surface area contributed by atoms with Crippen LogP contribution in [0.4, 0.5) is 5.69 Å². The van der Waals surface area contributed by atoms with Crippen LogP contribution in [0, 0.1) is 5.92 Å². The van der Waals surface area contributed by atoms with Crippen LogP contribution in [-0.2, 0) is 19.5 Å². The number of rotatable bonds is 4. The highest BCUT2D eigenvalue weighted by Crippen LogP contribution is 2.23. The molecule has 0 unspecified atom stereocenters. The number of nitrogens with zero attached hydrogens (tertiary/aromatic N) is 2. The summed E-state index contributed by atoms with van der Waals surface area (Å²) in [5.41, 5.74) is 4.51.